The number of benzene rings is 1. The van der Waals surface area contributed by atoms with Crippen LogP contribution in [-0.2, 0) is 11.3 Å². The van der Waals surface area contributed by atoms with Crippen molar-refractivity contribution in [2.75, 3.05) is 5.32 Å². The molecule has 0 fully saturated rings. The molecule has 0 atom stereocenters. The fourth-order valence-electron chi connectivity index (χ4n) is 1.77. The number of aromatic nitrogens is 4. The van der Waals surface area contributed by atoms with Crippen molar-refractivity contribution >= 4 is 22.6 Å². The van der Waals surface area contributed by atoms with Crippen LogP contribution in [0.25, 0.3) is 10.9 Å². The van der Waals surface area contributed by atoms with Gasteiger partial charge in [-0.25, -0.2) is 0 Å². The first-order valence-corrected chi connectivity index (χ1v) is 5.53. The van der Waals surface area contributed by atoms with Gasteiger partial charge in [-0.2, -0.15) is 10.2 Å². The molecular weight excluding hydrogens is 230 g/mol. The van der Waals surface area contributed by atoms with E-state index >= 15 is 0 Å². The van der Waals surface area contributed by atoms with E-state index < -0.39 is 0 Å². The van der Waals surface area contributed by atoms with Crippen LogP contribution in [0.15, 0.2) is 42.7 Å². The average molecular weight is 241 g/mol. The molecule has 0 saturated carbocycles. The van der Waals surface area contributed by atoms with Gasteiger partial charge in [-0.3, -0.25) is 14.6 Å². The van der Waals surface area contributed by atoms with Crippen molar-refractivity contribution in [3.63, 3.8) is 0 Å². The van der Waals surface area contributed by atoms with Gasteiger partial charge in [0.05, 0.1) is 5.52 Å². The van der Waals surface area contributed by atoms with Crippen molar-refractivity contribution in [3.05, 3.63) is 42.7 Å². The lowest BCUT2D eigenvalue weighted by atomic mass is 10.2. The summed E-state index contributed by atoms with van der Waals surface area (Å²) in [5.74, 6) is 0.388. The first-order chi connectivity index (χ1) is 8.83. The molecule has 2 N–H and O–H groups in total. The number of amides is 1. The summed E-state index contributed by atoms with van der Waals surface area (Å²) in [5, 5.41) is 14.6. The first kappa shape index (κ1) is 10.5. The summed E-state index contributed by atoms with van der Waals surface area (Å²) in [5.41, 5.74) is 0.895. The van der Waals surface area contributed by atoms with Gasteiger partial charge in [0.2, 0.25) is 5.91 Å². The number of carbonyl (C=O) groups is 1. The van der Waals surface area contributed by atoms with Crippen molar-refractivity contribution in [3.8, 4) is 0 Å². The van der Waals surface area contributed by atoms with E-state index in [1.807, 2.05) is 24.3 Å². The molecule has 2 heterocycles. The second-order valence-electron chi connectivity index (χ2n) is 3.87. The summed E-state index contributed by atoms with van der Waals surface area (Å²) in [6.45, 7) is 0.175. The number of rotatable bonds is 3. The Hall–Kier alpha value is -2.63. The highest BCUT2D eigenvalue weighted by atomic mass is 16.2. The zero-order chi connectivity index (χ0) is 12.4. The molecule has 3 rings (SSSR count). The minimum absolute atomic E-state index is 0.157. The summed E-state index contributed by atoms with van der Waals surface area (Å²) in [4.78, 5) is 11.8. The zero-order valence-electron chi connectivity index (χ0n) is 9.50. The van der Waals surface area contributed by atoms with Gasteiger partial charge in [-0.15, -0.1) is 0 Å². The molecule has 6 heteroatoms. The predicted molar refractivity (Wildman–Crippen MR) is 67.0 cm³/mol. The van der Waals surface area contributed by atoms with E-state index in [2.05, 4.69) is 20.6 Å². The van der Waals surface area contributed by atoms with Crippen LogP contribution in [0, 0.1) is 0 Å². The zero-order valence-corrected chi connectivity index (χ0v) is 9.50. The maximum Gasteiger partial charge on any atom is 0.247 e. The monoisotopic (exact) mass is 241 g/mol. The summed E-state index contributed by atoms with van der Waals surface area (Å²) in [6, 6.07) is 9.40. The third-order valence-electron chi connectivity index (χ3n) is 2.59. The normalized spacial score (nSPS) is 10.7. The topological polar surface area (TPSA) is 75.6 Å². The minimum atomic E-state index is -0.157. The van der Waals surface area contributed by atoms with Crippen LogP contribution in [0.4, 0.5) is 5.82 Å². The molecule has 2 aromatic heterocycles. The molecule has 0 spiro atoms. The molecule has 0 saturated heterocycles. The molecular formula is C12H11N5O. The van der Waals surface area contributed by atoms with Gasteiger partial charge >= 0.3 is 0 Å². The summed E-state index contributed by atoms with van der Waals surface area (Å²) in [7, 11) is 0. The number of hydrogen-bond donors (Lipinski definition) is 2. The van der Waals surface area contributed by atoms with Gasteiger partial charge in [0.25, 0.3) is 0 Å². The highest BCUT2D eigenvalue weighted by Gasteiger charge is 2.09. The van der Waals surface area contributed by atoms with Crippen LogP contribution in [0.5, 0.6) is 0 Å². The Kier molecular flexibility index (Phi) is 2.53. The number of hydrogen-bond acceptors (Lipinski definition) is 3. The van der Waals surface area contributed by atoms with Crippen molar-refractivity contribution in [1.29, 1.82) is 0 Å². The number of carbonyl (C=O) groups excluding carboxylic acids is 1. The molecule has 0 aliphatic heterocycles. The lowest BCUT2D eigenvalue weighted by Crippen LogP contribution is -2.19. The van der Waals surface area contributed by atoms with E-state index in [9.17, 15) is 4.79 Å². The van der Waals surface area contributed by atoms with E-state index in [-0.39, 0.29) is 12.5 Å². The molecule has 1 aromatic carbocycles. The maximum atomic E-state index is 11.8. The van der Waals surface area contributed by atoms with Gasteiger partial charge in [0.1, 0.15) is 6.54 Å². The summed E-state index contributed by atoms with van der Waals surface area (Å²) in [6.07, 6.45) is 3.37. The van der Waals surface area contributed by atoms with Crippen LogP contribution in [0.1, 0.15) is 0 Å². The Morgan fingerprint density at radius 3 is 3.06 bits per heavy atom. The van der Waals surface area contributed by atoms with Crippen LogP contribution in [0.2, 0.25) is 0 Å². The number of H-pyrrole nitrogens is 1. The van der Waals surface area contributed by atoms with Crippen molar-refractivity contribution in [1.82, 2.24) is 20.0 Å². The highest BCUT2D eigenvalue weighted by Crippen LogP contribution is 2.19. The summed E-state index contributed by atoms with van der Waals surface area (Å²) >= 11 is 0. The second-order valence-corrected chi connectivity index (χ2v) is 3.87. The van der Waals surface area contributed by atoms with Crippen LogP contribution in [-0.4, -0.2) is 25.9 Å². The fourth-order valence-corrected chi connectivity index (χ4v) is 1.77. The first-order valence-electron chi connectivity index (χ1n) is 5.53. The van der Waals surface area contributed by atoms with Crippen LogP contribution < -0.4 is 5.32 Å². The Labute approximate surface area is 103 Å². The molecule has 18 heavy (non-hydrogen) atoms. The van der Waals surface area contributed by atoms with Gasteiger partial charge in [0, 0.05) is 17.8 Å². The van der Waals surface area contributed by atoms with Gasteiger partial charge < -0.3 is 5.32 Å². The van der Waals surface area contributed by atoms with Gasteiger partial charge in [-0.05, 0) is 18.2 Å². The predicted octanol–water partition coefficient (Wildman–Crippen LogP) is 1.40. The van der Waals surface area contributed by atoms with Crippen molar-refractivity contribution < 1.29 is 4.79 Å². The minimum Gasteiger partial charge on any atom is -0.307 e. The van der Waals surface area contributed by atoms with E-state index in [4.69, 9.17) is 0 Å². The van der Waals surface area contributed by atoms with Crippen molar-refractivity contribution in [2.45, 2.75) is 6.54 Å². The third-order valence-corrected chi connectivity index (χ3v) is 2.59. The third kappa shape index (κ3) is 1.95. The number of nitrogens with zero attached hydrogens (tertiary/aromatic N) is 3. The smallest absolute Gasteiger partial charge is 0.247 e. The average Bonchev–Trinajstić information content (AvgIpc) is 3.00. The summed E-state index contributed by atoms with van der Waals surface area (Å²) < 4.78 is 1.56. The molecule has 0 aliphatic rings. The highest BCUT2D eigenvalue weighted by molar-refractivity contribution is 5.99. The Morgan fingerprint density at radius 2 is 2.22 bits per heavy atom. The lowest BCUT2D eigenvalue weighted by Gasteiger charge is -2.02. The SMILES string of the molecule is O=C(Cn1cccn1)Nc1n[nH]c2ccccc12. The standard InChI is InChI=1S/C12H11N5O/c18-11(8-17-7-3-6-13-17)14-12-9-4-1-2-5-10(9)15-16-12/h1-7H,8H2,(H2,14,15,16,18). The second kappa shape index (κ2) is 4.33. The lowest BCUT2D eigenvalue weighted by molar-refractivity contribution is -0.116. The number of anilines is 1. The maximum absolute atomic E-state index is 11.8. The van der Waals surface area contributed by atoms with E-state index in [0.29, 0.717) is 5.82 Å². The van der Waals surface area contributed by atoms with Crippen LogP contribution >= 0.6 is 0 Å². The van der Waals surface area contributed by atoms with Crippen LogP contribution in [0.3, 0.4) is 0 Å². The van der Waals surface area contributed by atoms with E-state index in [0.717, 1.165) is 10.9 Å². The molecule has 0 radical (unpaired) electrons. The molecule has 0 aliphatic carbocycles. The van der Waals surface area contributed by atoms with E-state index in [1.54, 1.807) is 23.1 Å². The number of aromatic amines is 1. The molecule has 0 bridgehead atoms. The molecule has 90 valence electrons. The number of nitrogens with one attached hydrogen (secondary N) is 2. The molecule has 0 unspecified atom stereocenters. The molecule has 6 nitrogen and oxygen atoms in total. The number of para-hydroxylation sites is 1. The fraction of sp³-hybridized carbons (Fsp3) is 0.0833. The quantitative estimate of drug-likeness (QED) is 0.727. The Bertz CT molecular complexity index is 671. The molecule has 3 aromatic rings. The van der Waals surface area contributed by atoms with Gasteiger partial charge in [0.15, 0.2) is 5.82 Å². The Balaban J connectivity index is 1.78. The van der Waals surface area contributed by atoms with Gasteiger partial charge in [-0.1, -0.05) is 12.1 Å². The molecule has 1 amide bonds. The largest absolute Gasteiger partial charge is 0.307 e. The van der Waals surface area contributed by atoms with Crippen molar-refractivity contribution in [2.24, 2.45) is 0 Å². The Morgan fingerprint density at radius 1 is 1.33 bits per heavy atom. The number of fused-ring (bicyclic) bond motifs is 1. The van der Waals surface area contributed by atoms with E-state index in [1.165, 1.54) is 0 Å².